The van der Waals surface area contributed by atoms with Crippen LogP contribution in [0.4, 0.5) is 0 Å². The van der Waals surface area contributed by atoms with E-state index in [1.807, 2.05) is 0 Å². The summed E-state index contributed by atoms with van der Waals surface area (Å²) < 4.78 is 0. The van der Waals surface area contributed by atoms with Crippen molar-refractivity contribution in [1.82, 2.24) is 0 Å². The zero-order chi connectivity index (χ0) is 20.4. The highest BCUT2D eigenvalue weighted by Gasteiger charge is 2.47. The lowest BCUT2D eigenvalue weighted by molar-refractivity contribution is 0.921. The van der Waals surface area contributed by atoms with Gasteiger partial charge in [-0.15, -0.1) is 0 Å². The van der Waals surface area contributed by atoms with E-state index in [4.69, 9.17) is 0 Å². The molecule has 0 unspecified atom stereocenters. The van der Waals surface area contributed by atoms with Gasteiger partial charge < -0.3 is 0 Å². The molecular formula is C29H28P+. The van der Waals surface area contributed by atoms with Crippen molar-refractivity contribution in [3.63, 3.8) is 0 Å². The summed E-state index contributed by atoms with van der Waals surface area (Å²) in [6, 6.07) is 33.5. The maximum Gasteiger partial charge on any atom is 0.139 e. The van der Waals surface area contributed by atoms with Gasteiger partial charge >= 0.3 is 0 Å². The van der Waals surface area contributed by atoms with Crippen LogP contribution in [0, 0.1) is 0 Å². The second-order valence-electron chi connectivity index (χ2n) is 8.25. The fraction of sp³-hybridized carbons (Fsp3) is 0.172. The third kappa shape index (κ3) is 3.21. The van der Waals surface area contributed by atoms with Crippen LogP contribution in [0.5, 0.6) is 0 Å². The zero-order valence-corrected chi connectivity index (χ0v) is 18.5. The van der Waals surface area contributed by atoms with Crippen molar-refractivity contribution in [2.24, 2.45) is 0 Å². The van der Waals surface area contributed by atoms with Crippen LogP contribution in [-0.2, 0) is 0 Å². The van der Waals surface area contributed by atoms with Crippen molar-refractivity contribution in [3.05, 3.63) is 125 Å². The molecule has 0 aromatic heterocycles. The average molecular weight is 408 g/mol. The van der Waals surface area contributed by atoms with E-state index in [2.05, 4.69) is 110 Å². The molecule has 0 N–H and O–H groups in total. The number of allylic oxidation sites excluding steroid dienone is 6. The molecular weight excluding hydrogens is 379 g/mol. The molecule has 1 fully saturated rings. The van der Waals surface area contributed by atoms with Crippen LogP contribution in [0.1, 0.15) is 32.6 Å². The second kappa shape index (κ2) is 8.21. The van der Waals surface area contributed by atoms with Gasteiger partial charge in [0.05, 0.1) is 5.31 Å². The van der Waals surface area contributed by atoms with Crippen LogP contribution in [0.2, 0.25) is 0 Å². The highest BCUT2D eigenvalue weighted by molar-refractivity contribution is 7.99. The van der Waals surface area contributed by atoms with Crippen LogP contribution >= 0.6 is 7.26 Å². The lowest BCUT2D eigenvalue weighted by Gasteiger charge is -2.28. The molecule has 2 aliphatic rings. The molecule has 1 saturated carbocycles. The predicted octanol–water partition coefficient (Wildman–Crippen LogP) is 6.69. The first kappa shape index (κ1) is 19.3. The van der Waals surface area contributed by atoms with Crippen LogP contribution in [0.25, 0.3) is 0 Å². The minimum Gasteiger partial charge on any atom is -0.0766 e. The summed E-state index contributed by atoms with van der Waals surface area (Å²) in [5.74, 6) is 0. The number of benzene rings is 3. The first-order valence-electron chi connectivity index (χ1n) is 11.0. The van der Waals surface area contributed by atoms with Gasteiger partial charge in [-0.05, 0) is 91.8 Å². The molecule has 0 radical (unpaired) electrons. The van der Waals surface area contributed by atoms with Gasteiger partial charge in [0, 0.05) is 0 Å². The van der Waals surface area contributed by atoms with Gasteiger partial charge in [0.25, 0.3) is 0 Å². The van der Waals surface area contributed by atoms with Gasteiger partial charge in [0.1, 0.15) is 23.2 Å². The number of hydrogen-bond donors (Lipinski definition) is 0. The fourth-order valence-electron chi connectivity index (χ4n) is 5.22. The molecule has 1 heteroatoms. The Balaban J connectivity index is 1.78. The fourth-order valence-corrected chi connectivity index (χ4v) is 9.55. The van der Waals surface area contributed by atoms with Gasteiger partial charge in [0.2, 0.25) is 0 Å². The Labute approximate surface area is 181 Å². The van der Waals surface area contributed by atoms with E-state index < -0.39 is 7.26 Å². The Morgan fingerprint density at radius 2 is 1.20 bits per heavy atom. The van der Waals surface area contributed by atoms with Crippen LogP contribution in [0.3, 0.4) is 0 Å². The summed E-state index contributed by atoms with van der Waals surface area (Å²) in [6.07, 6.45) is 9.94. The molecule has 0 atom stereocenters. The number of rotatable bonds is 5. The molecule has 0 aliphatic heterocycles. The molecule has 2 aliphatic carbocycles. The Morgan fingerprint density at radius 1 is 0.700 bits per heavy atom. The largest absolute Gasteiger partial charge is 0.139 e. The smallest absolute Gasteiger partial charge is 0.0766 e. The molecule has 0 saturated heterocycles. The lowest BCUT2D eigenvalue weighted by atomic mass is 10.1. The summed E-state index contributed by atoms with van der Waals surface area (Å²) in [4.78, 5) is 0. The van der Waals surface area contributed by atoms with Crippen molar-refractivity contribution < 1.29 is 0 Å². The minimum absolute atomic E-state index is 1.10. The SMILES string of the molecule is C/C(=C\C1=C2CCCC2=CC1)[P+](c1ccccc1)(c1ccccc1)c1ccccc1. The summed E-state index contributed by atoms with van der Waals surface area (Å²) in [5, 5.41) is 5.79. The summed E-state index contributed by atoms with van der Waals surface area (Å²) in [6.45, 7) is 2.38. The van der Waals surface area contributed by atoms with Gasteiger partial charge in [0.15, 0.2) is 0 Å². The van der Waals surface area contributed by atoms with Gasteiger partial charge in [-0.3, -0.25) is 0 Å². The lowest BCUT2D eigenvalue weighted by Crippen LogP contribution is -2.31. The summed E-state index contributed by atoms with van der Waals surface area (Å²) in [7, 11) is -1.93. The van der Waals surface area contributed by atoms with Gasteiger partial charge in [-0.25, -0.2) is 0 Å². The number of hydrogen-bond acceptors (Lipinski definition) is 0. The van der Waals surface area contributed by atoms with E-state index in [-0.39, 0.29) is 0 Å². The molecule has 148 valence electrons. The van der Waals surface area contributed by atoms with Crippen LogP contribution < -0.4 is 15.9 Å². The van der Waals surface area contributed by atoms with E-state index in [0.29, 0.717) is 0 Å². The number of fused-ring (bicyclic) bond motifs is 1. The van der Waals surface area contributed by atoms with E-state index in [1.165, 1.54) is 40.5 Å². The highest BCUT2D eigenvalue weighted by atomic mass is 31.2. The molecule has 3 aromatic rings. The van der Waals surface area contributed by atoms with E-state index in [9.17, 15) is 0 Å². The quantitative estimate of drug-likeness (QED) is 0.413. The molecule has 0 heterocycles. The molecule has 3 aromatic carbocycles. The average Bonchev–Trinajstić information content (AvgIpc) is 3.42. The van der Waals surface area contributed by atoms with Crippen molar-refractivity contribution in [2.75, 3.05) is 0 Å². The third-order valence-electron chi connectivity index (χ3n) is 6.56. The molecule has 0 nitrogen and oxygen atoms in total. The van der Waals surface area contributed by atoms with Gasteiger partial charge in [-0.1, -0.05) is 60.7 Å². The van der Waals surface area contributed by atoms with Gasteiger partial charge in [-0.2, -0.15) is 0 Å². The van der Waals surface area contributed by atoms with E-state index >= 15 is 0 Å². The Bertz CT molecular complexity index is 1020. The van der Waals surface area contributed by atoms with Crippen molar-refractivity contribution >= 4 is 23.2 Å². The Kier molecular flexibility index (Phi) is 5.28. The normalized spacial score (nSPS) is 16.6. The molecule has 30 heavy (non-hydrogen) atoms. The first-order chi connectivity index (χ1) is 14.8. The summed E-state index contributed by atoms with van der Waals surface area (Å²) in [5.41, 5.74) is 4.78. The maximum absolute atomic E-state index is 2.55. The Hall–Kier alpha value is -2.69. The van der Waals surface area contributed by atoms with Crippen molar-refractivity contribution in [3.8, 4) is 0 Å². The first-order valence-corrected chi connectivity index (χ1v) is 12.8. The topological polar surface area (TPSA) is 0 Å². The second-order valence-corrected chi connectivity index (χ2v) is 11.9. The predicted molar refractivity (Wildman–Crippen MR) is 132 cm³/mol. The van der Waals surface area contributed by atoms with Crippen molar-refractivity contribution in [2.45, 2.75) is 32.6 Å². The van der Waals surface area contributed by atoms with Crippen molar-refractivity contribution in [1.29, 1.82) is 0 Å². The van der Waals surface area contributed by atoms with Crippen LogP contribution in [-0.4, -0.2) is 0 Å². The van der Waals surface area contributed by atoms with E-state index in [0.717, 1.165) is 6.42 Å². The van der Waals surface area contributed by atoms with E-state index in [1.54, 1.807) is 16.7 Å². The highest BCUT2D eigenvalue weighted by Crippen LogP contribution is 2.62. The minimum atomic E-state index is -1.93. The molecule has 0 bridgehead atoms. The van der Waals surface area contributed by atoms with Crippen LogP contribution in [0.15, 0.2) is 125 Å². The molecule has 5 rings (SSSR count). The maximum atomic E-state index is 2.55. The standard InChI is InChI=1S/C29H28P/c1-23(22-25-21-20-24-12-11-19-29(24)25)30(26-13-5-2-6-14-26,27-15-7-3-8-16-27)28-17-9-4-10-18-28/h2-10,13-18,20,22H,11-12,19,21H2,1H3/q+1/b23-22+. The third-order valence-corrected chi connectivity index (χ3v) is 11.0. The molecule has 0 spiro atoms. The Morgan fingerprint density at radius 3 is 1.70 bits per heavy atom. The zero-order valence-electron chi connectivity index (χ0n) is 17.6. The summed E-state index contributed by atoms with van der Waals surface area (Å²) >= 11 is 0. The monoisotopic (exact) mass is 407 g/mol. The molecule has 0 amide bonds.